The van der Waals surface area contributed by atoms with E-state index in [1.165, 1.54) is 0 Å². The molecule has 1 N–H and O–H groups in total. The maximum absolute atomic E-state index is 12.0. The average molecular weight is 298 g/mol. The molecule has 112 valence electrons. The highest BCUT2D eigenvalue weighted by atomic mass is 32.1. The van der Waals surface area contributed by atoms with Gasteiger partial charge in [-0.05, 0) is 33.6 Å². The minimum atomic E-state index is -0.447. The Morgan fingerprint density at radius 1 is 1.50 bits per heavy atom. The normalized spacial score (nSPS) is 19.2. The third-order valence-electron chi connectivity index (χ3n) is 2.94. The van der Waals surface area contributed by atoms with Gasteiger partial charge < -0.3 is 15.0 Å². The van der Waals surface area contributed by atoms with Crippen LogP contribution in [-0.4, -0.2) is 45.9 Å². The molecule has 1 atom stereocenters. The second-order valence-corrected chi connectivity index (χ2v) is 6.97. The number of nitrogens with zero attached hydrogens (tertiary/aromatic N) is 3. The Morgan fingerprint density at radius 2 is 2.25 bits per heavy atom. The van der Waals surface area contributed by atoms with Gasteiger partial charge in [-0.1, -0.05) is 18.3 Å². The number of rotatable bonds is 3. The van der Waals surface area contributed by atoms with Crippen molar-refractivity contribution in [3.05, 3.63) is 5.01 Å². The summed E-state index contributed by atoms with van der Waals surface area (Å²) in [4.78, 5) is 13.7. The fourth-order valence-corrected chi connectivity index (χ4v) is 2.76. The van der Waals surface area contributed by atoms with Gasteiger partial charge in [0.05, 0.1) is 0 Å². The first-order chi connectivity index (χ1) is 9.37. The number of anilines is 1. The molecule has 0 radical (unpaired) electrons. The molecule has 1 saturated heterocycles. The molecule has 2 heterocycles. The van der Waals surface area contributed by atoms with Crippen LogP contribution in [0.25, 0.3) is 0 Å². The molecule has 1 aliphatic heterocycles. The van der Waals surface area contributed by atoms with Crippen LogP contribution in [0.1, 0.15) is 39.1 Å². The summed E-state index contributed by atoms with van der Waals surface area (Å²) in [5, 5.41) is 13.4. The monoisotopic (exact) mass is 298 g/mol. The van der Waals surface area contributed by atoms with E-state index in [2.05, 4.69) is 22.4 Å². The minimum Gasteiger partial charge on any atom is -0.444 e. The van der Waals surface area contributed by atoms with E-state index in [0.717, 1.165) is 23.0 Å². The molecular weight excluding hydrogens is 276 g/mol. The second kappa shape index (κ2) is 5.95. The van der Waals surface area contributed by atoms with Crippen LogP contribution < -0.4 is 5.32 Å². The van der Waals surface area contributed by atoms with Crippen molar-refractivity contribution < 1.29 is 9.53 Å². The van der Waals surface area contributed by atoms with E-state index in [1.54, 1.807) is 16.2 Å². The van der Waals surface area contributed by atoms with Gasteiger partial charge in [0.1, 0.15) is 10.6 Å². The van der Waals surface area contributed by atoms with Crippen molar-refractivity contribution in [2.75, 3.05) is 18.4 Å². The van der Waals surface area contributed by atoms with Crippen molar-refractivity contribution in [3.63, 3.8) is 0 Å². The van der Waals surface area contributed by atoms with Crippen LogP contribution in [0.2, 0.25) is 0 Å². The van der Waals surface area contributed by atoms with Crippen LogP contribution in [0.4, 0.5) is 9.93 Å². The summed E-state index contributed by atoms with van der Waals surface area (Å²) >= 11 is 1.57. The molecule has 6 nitrogen and oxygen atoms in total. The molecule has 0 bridgehead atoms. The standard InChI is InChI=1S/C13H22N4O2S/c1-5-10-15-16-11(20-10)14-9-6-7-17(8-9)12(18)19-13(2,3)4/h9H,5-8H2,1-4H3,(H,14,16). The number of nitrogens with one attached hydrogen (secondary N) is 1. The molecule has 7 heteroatoms. The summed E-state index contributed by atoms with van der Waals surface area (Å²) in [6.07, 6.45) is 1.56. The number of ether oxygens (including phenoxy) is 1. The van der Waals surface area contributed by atoms with Gasteiger partial charge >= 0.3 is 6.09 Å². The lowest BCUT2D eigenvalue weighted by atomic mass is 10.2. The Hall–Kier alpha value is -1.37. The van der Waals surface area contributed by atoms with Crippen molar-refractivity contribution in [1.82, 2.24) is 15.1 Å². The van der Waals surface area contributed by atoms with Gasteiger partial charge in [-0.15, -0.1) is 10.2 Å². The number of carbonyl (C=O) groups is 1. The fourth-order valence-electron chi connectivity index (χ4n) is 2.00. The molecule has 0 spiro atoms. The smallest absolute Gasteiger partial charge is 0.410 e. The maximum atomic E-state index is 12.0. The van der Waals surface area contributed by atoms with E-state index < -0.39 is 5.60 Å². The molecule has 1 fully saturated rings. The predicted molar refractivity (Wildman–Crippen MR) is 79.1 cm³/mol. The molecule has 0 aliphatic carbocycles. The van der Waals surface area contributed by atoms with Crippen LogP contribution >= 0.6 is 11.3 Å². The number of aryl methyl sites for hydroxylation is 1. The summed E-state index contributed by atoms with van der Waals surface area (Å²) in [6.45, 7) is 9.06. The van der Waals surface area contributed by atoms with Crippen LogP contribution in [-0.2, 0) is 11.2 Å². The molecule has 0 saturated carbocycles. The van der Waals surface area contributed by atoms with E-state index >= 15 is 0 Å². The minimum absolute atomic E-state index is 0.222. The first kappa shape index (κ1) is 15.0. The van der Waals surface area contributed by atoms with E-state index in [-0.39, 0.29) is 12.1 Å². The maximum Gasteiger partial charge on any atom is 0.410 e. The second-order valence-electron chi connectivity index (χ2n) is 5.91. The van der Waals surface area contributed by atoms with Gasteiger partial charge in [-0.3, -0.25) is 0 Å². The van der Waals surface area contributed by atoms with Gasteiger partial charge in [0.25, 0.3) is 0 Å². The van der Waals surface area contributed by atoms with Crippen LogP contribution in [0, 0.1) is 0 Å². The summed E-state index contributed by atoms with van der Waals surface area (Å²) in [6, 6.07) is 0.222. The average Bonchev–Trinajstić information content (AvgIpc) is 2.96. The zero-order valence-electron chi connectivity index (χ0n) is 12.5. The Kier molecular flexibility index (Phi) is 4.47. The molecule has 1 aromatic rings. The van der Waals surface area contributed by atoms with E-state index in [4.69, 9.17) is 4.74 Å². The first-order valence-electron chi connectivity index (χ1n) is 6.94. The van der Waals surface area contributed by atoms with Crippen LogP contribution in [0.15, 0.2) is 0 Å². The van der Waals surface area contributed by atoms with E-state index in [1.807, 2.05) is 20.8 Å². The lowest BCUT2D eigenvalue weighted by Gasteiger charge is -2.24. The Balaban J connectivity index is 1.84. The molecule has 0 aromatic carbocycles. The van der Waals surface area contributed by atoms with Gasteiger partial charge in [-0.2, -0.15) is 0 Å². The lowest BCUT2D eigenvalue weighted by Crippen LogP contribution is -2.36. The molecule has 1 unspecified atom stereocenters. The topological polar surface area (TPSA) is 67.4 Å². The summed E-state index contributed by atoms with van der Waals surface area (Å²) in [5.74, 6) is 0. The number of aromatic nitrogens is 2. The van der Waals surface area contributed by atoms with E-state index in [0.29, 0.717) is 13.1 Å². The van der Waals surface area contributed by atoms with Crippen molar-refractivity contribution in [2.24, 2.45) is 0 Å². The lowest BCUT2D eigenvalue weighted by molar-refractivity contribution is 0.0293. The molecular formula is C13H22N4O2S. The number of hydrogen-bond acceptors (Lipinski definition) is 6. The summed E-state index contributed by atoms with van der Waals surface area (Å²) in [7, 11) is 0. The highest BCUT2D eigenvalue weighted by Crippen LogP contribution is 2.21. The fraction of sp³-hybridized carbons (Fsp3) is 0.769. The van der Waals surface area contributed by atoms with Crippen LogP contribution in [0.3, 0.4) is 0 Å². The Labute approximate surface area is 123 Å². The van der Waals surface area contributed by atoms with Crippen molar-refractivity contribution >= 4 is 22.6 Å². The summed E-state index contributed by atoms with van der Waals surface area (Å²) < 4.78 is 5.38. The first-order valence-corrected chi connectivity index (χ1v) is 7.76. The highest BCUT2D eigenvalue weighted by molar-refractivity contribution is 7.15. The third kappa shape index (κ3) is 4.06. The molecule has 20 heavy (non-hydrogen) atoms. The zero-order chi connectivity index (χ0) is 14.8. The highest BCUT2D eigenvalue weighted by Gasteiger charge is 2.30. The van der Waals surface area contributed by atoms with Gasteiger partial charge in [0, 0.05) is 19.1 Å². The largest absolute Gasteiger partial charge is 0.444 e. The summed E-state index contributed by atoms with van der Waals surface area (Å²) in [5.41, 5.74) is -0.447. The molecule has 1 amide bonds. The van der Waals surface area contributed by atoms with Crippen molar-refractivity contribution in [1.29, 1.82) is 0 Å². The third-order valence-corrected chi connectivity index (χ3v) is 3.94. The number of carbonyl (C=O) groups excluding carboxylic acids is 1. The zero-order valence-corrected chi connectivity index (χ0v) is 13.3. The number of likely N-dealkylation sites (tertiary alicyclic amines) is 1. The number of hydrogen-bond donors (Lipinski definition) is 1. The predicted octanol–water partition coefficient (Wildman–Crippen LogP) is 2.52. The van der Waals surface area contributed by atoms with Gasteiger partial charge in [-0.25, -0.2) is 4.79 Å². The Morgan fingerprint density at radius 3 is 2.85 bits per heavy atom. The number of amides is 1. The molecule has 1 aliphatic rings. The molecule has 1 aromatic heterocycles. The van der Waals surface area contributed by atoms with Gasteiger partial charge in [0.15, 0.2) is 0 Å². The van der Waals surface area contributed by atoms with Crippen molar-refractivity contribution in [3.8, 4) is 0 Å². The van der Waals surface area contributed by atoms with Crippen molar-refractivity contribution in [2.45, 2.75) is 52.2 Å². The van der Waals surface area contributed by atoms with Gasteiger partial charge in [0.2, 0.25) is 5.13 Å². The SMILES string of the molecule is CCc1nnc(NC2CCN(C(=O)OC(C)(C)C)C2)s1. The van der Waals surface area contributed by atoms with Crippen LogP contribution in [0.5, 0.6) is 0 Å². The van der Waals surface area contributed by atoms with E-state index in [9.17, 15) is 4.79 Å². The quantitative estimate of drug-likeness (QED) is 0.928. The molecule has 2 rings (SSSR count). The Bertz CT molecular complexity index is 469.